The predicted molar refractivity (Wildman–Crippen MR) is 115 cm³/mol. The summed E-state index contributed by atoms with van der Waals surface area (Å²) < 4.78 is 0. The van der Waals surface area contributed by atoms with E-state index < -0.39 is 0 Å². The second-order valence-electron chi connectivity index (χ2n) is 8.26. The van der Waals surface area contributed by atoms with Crippen molar-refractivity contribution in [2.45, 2.75) is 58.0 Å². The number of phenols is 2. The van der Waals surface area contributed by atoms with Crippen molar-refractivity contribution in [1.29, 1.82) is 0 Å². The van der Waals surface area contributed by atoms with Crippen LogP contribution in [0.4, 0.5) is 0 Å². The highest BCUT2D eigenvalue weighted by Gasteiger charge is 2.23. The van der Waals surface area contributed by atoms with Crippen molar-refractivity contribution in [2.24, 2.45) is 0 Å². The molecule has 1 aliphatic heterocycles. The van der Waals surface area contributed by atoms with Crippen LogP contribution >= 0.6 is 0 Å². The van der Waals surface area contributed by atoms with E-state index in [0.29, 0.717) is 24.8 Å². The molecule has 1 aliphatic rings. The van der Waals surface area contributed by atoms with E-state index >= 15 is 0 Å². The monoisotopic (exact) mass is 396 g/mol. The van der Waals surface area contributed by atoms with Crippen LogP contribution in [0.1, 0.15) is 55.7 Å². The number of benzene rings is 2. The molecule has 29 heavy (non-hydrogen) atoms. The second kappa shape index (κ2) is 9.79. The summed E-state index contributed by atoms with van der Waals surface area (Å²) in [5, 5.41) is 22.4. The predicted octanol–water partition coefficient (Wildman–Crippen LogP) is 3.93. The first-order valence-corrected chi connectivity index (χ1v) is 10.5. The molecule has 0 radical (unpaired) electrons. The average molecular weight is 397 g/mol. The summed E-state index contributed by atoms with van der Waals surface area (Å²) in [6.45, 7) is 6.77. The third-order valence-corrected chi connectivity index (χ3v) is 5.65. The SMILES string of the molecule is CC(C)NCc1cccc(C2CCN(C(=O)CCc3ccc(O)c(O)c3)CC2)c1. The van der Waals surface area contributed by atoms with E-state index in [-0.39, 0.29) is 17.4 Å². The first kappa shape index (κ1) is 21.2. The highest BCUT2D eigenvalue weighted by atomic mass is 16.3. The number of likely N-dealkylation sites (tertiary alicyclic amines) is 1. The van der Waals surface area contributed by atoms with Crippen molar-refractivity contribution in [3.05, 3.63) is 59.2 Å². The molecule has 3 rings (SSSR count). The molecule has 0 bridgehead atoms. The Labute approximate surface area is 173 Å². The van der Waals surface area contributed by atoms with Gasteiger partial charge >= 0.3 is 0 Å². The number of hydrogen-bond donors (Lipinski definition) is 3. The summed E-state index contributed by atoms with van der Waals surface area (Å²) in [4.78, 5) is 14.5. The van der Waals surface area contributed by atoms with Gasteiger partial charge in [-0.05, 0) is 54.0 Å². The number of phenolic OH excluding ortho intramolecular Hbond substituents is 2. The Hall–Kier alpha value is -2.53. The minimum absolute atomic E-state index is 0.133. The Balaban J connectivity index is 1.49. The molecular formula is C24H32N2O3. The lowest BCUT2D eigenvalue weighted by Gasteiger charge is -2.32. The van der Waals surface area contributed by atoms with E-state index in [1.165, 1.54) is 23.3 Å². The highest BCUT2D eigenvalue weighted by molar-refractivity contribution is 5.76. The number of aromatic hydroxyl groups is 2. The van der Waals surface area contributed by atoms with Crippen LogP contribution in [0.15, 0.2) is 42.5 Å². The van der Waals surface area contributed by atoms with Gasteiger partial charge in [0.2, 0.25) is 5.91 Å². The fourth-order valence-corrected chi connectivity index (χ4v) is 3.88. The number of amides is 1. The summed E-state index contributed by atoms with van der Waals surface area (Å²) in [5.41, 5.74) is 3.54. The van der Waals surface area contributed by atoms with Gasteiger partial charge in [-0.2, -0.15) is 0 Å². The topological polar surface area (TPSA) is 72.8 Å². The largest absolute Gasteiger partial charge is 0.504 e. The van der Waals surface area contributed by atoms with Gasteiger partial charge in [0.1, 0.15) is 0 Å². The molecule has 5 nitrogen and oxygen atoms in total. The molecule has 156 valence electrons. The fraction of sp³-hybridized carbons (Fsp3) is 0.458. The molecule has 0 aliphatic carbocycles. The lowest BCUT2D eigenvalue weighted by atomic mass is 9.88. The Morgan fingerprint density at radius 3 is 2.52 bits per heavy atom. The minimum atomic E-state index is -0.137. The zero-order chi connectivity index (χ0) is 20.8. The van der Waals surface area contributed by atoms with Crippen molar-refractivity contribution in [3.8, 4) is 11.5 Å². The molecule has 1 heterocycles. The van der Waals surface area contributed by atoms with Crippen LogP contribution in [0, 0.1) is 0 Å². The van der Waals surface area contributed by atoms with E-state index in [0.717, 1.165) is 38.0 Å². The van der Waals surface area contributed by atoms with E-state index in [2.05, 4.69) is 43.4 Å². The van der Waals surface area contributed by atoms with Crippen molar-refractivity contribution >= 4 is 5.91 Å². The number of carbonyl (C=O) groups excluding carboxylic acids is 1. The Bertz CT molecular complexity index is 827. The van der Waals surface area contributed by atoms with E-state index in [1.54, 1.807) is 6.07 Å². The number of aryl methyl sites for hydroxylation is 1. The zero-order valence-electron chi connectivity index (χ0n) is 17.4. The molecule has 5 heteroatoms. The van der Waals surface area contributed by atoms with E-state index in [4.69, 9.17) is 0 Å². The van der Waals surface area contributed by atoms with E-state index in [1.807, 2.05) is 4.90 Å². The van der Waals surface area contributed by atoms with Gasteiger partial charge < -0.3 is 20.4 Å². The average Bonchev–Trinajstić information content (AvgIpc) is 2.73. The molecule has 1 amide bonds. The summed E-state index contributed by atoms with van der Waals surface area (Å²) in [6.07, 6.45) is 2.97. The first-order chi connectivity index (χ1) is 13.9. The molecule has 0 aromatic heterocycles. The molecule has 0 spiro atoms. The molecule has 1 fully saturated rings. The van der Waals surface area contributed by atoms with Gasteiger partial charge in [-0.1, -0.05) is 44.2 Å². The van der Waals surface area contributed by atoms with Crippen LogP contribution in [0.5, 0.6) is 11.5 Å². The maximum absolute atomic E-state index is 12.6. The summed E-state index contributed by atoms with van der Waals surface area (Å²) in [7, 11) is 0. The maximum Gasteiger partial charge on any atom is 0.222 e. The molecule has 0 unspecified atom stereocenters. The summed E-state index contributed by atoms with van der Waals surface area (Å²) in [6, 6.07) is 14.0. The molecule has 1 saturated heterocycles. The summed E-state index contributed by atoms with van der Waals surface area (Å²) in [5.74, 6) is 0.394. The van der Waals surface area contributed by atoms with Gasteiger partial charge in [0.05, 0.1) is 0 Å². The van der Waals surface area contributed by atoms with Gasteiger partial charge in [-0.3, -0.25) is 4.79 Å². The van der Waals surface area contributed by atoms with Crippen molar-refractivity contribution in [1.82, 2.24) is 10.2 Å². The Kier molecular flexibility index (Phi) is 7.15. The van der Waals surface area contributed by atoms with Gasteiger partial charge in [0, 0.05) is 32.1 Å². The summed E-state index contributed by atoms with van der Waals surface area (Å²) >= 11 is 0. The standard InChI is InChI=1S/C24H32N2O3/c1-17(2)25-16-19-4-3-5-21(14-19)20-10-12-26(13-11-20)24(29)9-7-18-6-8-22(27)23(28)15-18/h3-6,8,14-15,17,20,25,27-28H,7,9-13,16H2,1-2H3. The maximum atomic E-state index is 12.6. The van der Waals surface area contributed by atoms with Gasteiger partial charge in [-0.15, -0.1) is 0 Å². The van der Waals surface area contributed by atoms with Crippen molar-refractivity contribution in [2.75, 3.05) is 13.1 Å². The van der Waals surface area contributed by atoms with Crippen LogP contribution in [0.3, 0.4) is 0 Å². The van der Waals surface area contributed by atoms with Crippen LogP contribution in [0.25, 0.3) is 0 Å². The molecule has 0 saturated carbocycles. The molecule has 2 aromatic carbocycles. The lowest BCUT2D eigenvalue weighted by Crippen LogP contribution is -2.38. The van der Waals surface area contributed by atoms with Crippen LogP contribution in [-0.4, -0.2) is 40.2 Å². The van der Waals surface area contributed by atoms with Crippen molar-refractivity contribution in [3.63, 3.8) is 0 Å². The quantitative estimate of drug-likeness (QED) is 0.620. The number of nitrogens with zero attached hydrogens (tertiary/aromatic N) is 1. The normalized spacial score (nSPS) is 15.1. The molecule has 3 N–H and O–H groups in total. The Morgan fingerprint density at radius 1 is 1.07 bits per heavy atom. The van der Waals surface area contributed by atoms with Crippen molar-refractivity contribution < 1.29 is 15.0 Å². The molecular weight excluding hydrogens is 364 g/mol. The van der Waals surface area contributed by atoms with Crippen LogP contribution in [0.2, 0.25) is 0 Å². The third kappa shape index (κ3) is 5.97. The Morgan fingerprint density at radius 2 is 1.83 bits per heavy atom. The van der Waals surface area contributed by atoms with Crippen LogP contribution in [-0.2, 0) is 17.8 Å². The lowest BCUT2D eigenvalue weighted by molar-refractivity contribution is -0.132. The van der Waals surface area contributed by atoms with E-state index in [9.17, 15) is 15.0 Å². The molecule has 2 aromatic rings. The smallest absolute Gasteiger partial charge is 0.222 e. The number of carbonyl (C=O) groups is 1. The minimum Gasteiger partial charge on any atom is -0.504 e. The zero-order valence-corrected chi connectivity index (χ0v) is 17.4. The number of piperidine rings is 1. The number of nitrogens with one attached hydrogen (secondary N) is 1. The molecule has 0 atom stereocenters. The number of rotatable bonds is 7. The fourth-order valence-electron chi connectivity index (χ4n) is 3.88. The van der Waals surface area contributed by atoms with Gasteiger partial charge in [0.15, 0.2) is 11.5 Å². The van der Waals surface area contributed by atoms with Gasteiger partial charge in [0.25, 0.3) is 0 Å². The third-order valence-electron chi connectivity index (χ3n) is 5.65. The van der Waals surface area contributed by atoms with Gasteiger partial charge in [-0.25, -0.2) is 0 Å². The number of hydrogen-bond acceptors (Lipinski definition) is 4. The van der Waals surface area contributed by atoms with Crippen LogP contribution < -0.4 is 5.32 Å². The highest BCUT2D eigenvalue weighted by Crippen LogP contribution is 2.29. The second-order valence-corrected chi connectivity index (χ2v) is 8.26. The first-order valence-electron chi connectivity index (χ1n) is 10.5.